The summed E-state index contributed by atoms with van der Waals surface area (Å²) in [6.45, 7) is 9.39. The topological polar surface area (TPSA) is 60.5 Å². The number of aryl methyl sites for hydroxylation is 4. The lowest BCUT2D eigenvalue weighted by molar-refractivity contribution is -0.00465. The third-order valence-electron chi connectivity index (χ3n) is 4.66. The molecule has 1 aliphatic heterocycles. The fraction of sp³-hybridized carbons (Fsp3) is 0.529. The number of ether oxygens (including phenoxy) is 1. The number of hydrogen-bond donors (Lipinski definition) is 0. The summed E-state index contributed by atoms with van der Waals surface area (Å²) in [6.07, 6.45) is 0. The van der Waals surface area contributed by atoms with E-state index in [0.29, 0.717) is 25.5 Å². The van der Waals surface area contributed by atoms with E-state index in [2.05, 4.69) is 5.10 Å². The second-order valence-corrected chi connectivity index (χ2v) is 6.15. The zero-order chi connectivity index (χ0) is 16.7. The zero-order valence-electron chi connectivity index (χ0n) is 14.3. The lowest BCUT2D eigenvalue weighted by Gasteiger charge is -2.35. The minimum Gasteiger partial charge on any atom is -0.456 e. The molecule has 1 aliphatic rings. The van der Waals surface area contributed by atoms with E-state index in [1.54, 1.807) is 0 Å². The smallest absolute Gasteiger partial charge is 0.290 e. The molecule has 1 saturated heterocycles. The first-order valence-corrected chi connectivity index (χ1v) is 7.86. The largest absolute Gasteiger partial charge is 0.456 e. The van der Waals surface area contributed by atoms with Gasteiger partial charge < -0.3 is 14.1 Å². The Kier molecular flexibility index (Phi) is 4.02. The van der Waals surface area contributed by atoms with Crippen molar-refractivity contribution >= 4 is 5.91 Å². The van der Waals surface area contributed by atoms with Crippen LogP contribution in [0.2, 0.25) is 0 Å². The first-order chi connectivity index (χ1) is 10.9. The molecule has 2 aromatic heterocycles. The molecule has 6 nitrogen and oxygen atoms in total. The molecule has 124 valence electrons. The van der Waals surface area contributed by atoms with Crippen LogP contribution >= 0.6 is 0 Å². The lowest BCUT2D eigenvalue weighted by atomic mass is 10.0. The fourth-order valence-electron chi connectivity index (χ4n) is 3.18. The number of nitrogens with zero attached hydrogens (tertiary/aromatic N) is 3. The summed E-state index contributed by atoms with van der Waals surface area (Å²) in [5.41, 5.74) is 4.06. The summed E-state index contributed by atoms with van der Waals surface area (Å²) in [6, 6.07) is 1.68. The van der Waals surface area contributed by atoms with E-state index in [1.807, 2.05) is 50.4 Å². The molecule has 3 rings (SSSR count). The SMILES string of the molecule is Cc1cc(C(=O)N2CCOC[C@@H]2c2c(C)nn(C)c2C)oc1C. The molecule has 2 aromatic rings. The van der Waals surface area contributed by atoms with Gasteiger partial charge in [-0.05, 0) is 39.3 Å². The number of hydrogen-bond acceptors (Lipinski definition) is 4. The van der Waals surface area contributed by atoms with E-state index in [9.17, 15) is 4.79 Å². The molecule has 1 amide bonds. The molecule has 3 heterocycles. The first-order valence-electron chi connectivity index (χ1n) is 7.86. The number of rotatable bonds is 2. The third-order valence-corrected chi connectivity index (χ3v) is 4.66. The summed E-state index contributed by atoms with van der Waals surface area (Å²) in [5, 5.41) is 4.47. The van der Waals surface area contributed by atoms with Gasteiger partial charge in [-0.2, -0.15) is 5.10 Å². The quantitative estimate of drug-likeness (QED) is 0.853. The molecule has 0 aromatic carbocycles. The van der Waals surface area contributed by atoms with Crippen molar-refractivity contribution < 1.29 is 13.9 Å². The van der Waals surface area contributed by atoms with Crippen molar-refractivity contribution in [1.29, 1.82) is 0 Å². The van der Waals surface area contributed by atoms with Gasteiger partial charge in [0.1, 0.15) is 5.76 Å². The van der Waals surface area contributed by atoms with Gasteiger partial charge in [0.2, 0.25) is 0 Å². The maximum Gasteiger partial charge on any atom is 0.290 e. The van der Waals surface area contributed by atoms with Crippen molar-refractivity contribution in [2.24, 2.45) is 7.05 Å². The minimum absolute atomic E-state index is 0.0860. The monoisotopic (exact) mass is 317 g/mol. The third kappa shape index (κ3) is 2.67. The summed E-state index contributed by atoms with van der Waals surface area (Å²) in [5.74, 6) is 1.09. The van der Waals surface area contributed by atoms with Crippen LogP contribution in [0.4, 0.5) is 0 Å². The molecule has 0 spiro atoms. The van der Waals surface area contributed by atoms with E-state index in [1.165, 1.54) is 0 Å². The van der Waals surface area contributed by atoms with E-state index < -0.39 is 0 Å². The van der Waals surface area contributed by atoms with Gasteiger partial charge in [-0.3, -0.25) is 9.48 Å². The fourth-order valence-corrected chi connectivity index (χ4v) is 3.18. The van der Waals surface area contributed by atoms with Gasteiger partial charge in [-0.1, -0.05) is 0 Å². The summed E-state index contributed by atoms with van der Waals surface area (Å²) in [7, 11) is 1.92. The average Bonchev–Trinajstić information content (AvgIpc) is 2.98. The minimum atomic E-state index is -0.129. The Bertz CT molecular complexity index is 725. The number of morpholine rings is 1. The average molecular weight is 317 g/mol. The standard InChI is InChI=1S/C17H23N3O3/c1-10-8-15(23-13(10)4)17(21)20-6-7-22-9-14(20)16-11(2)18-19(5)12(16)3/h8,14H,6-7,9H2,1-5H3/t14-/m1/s1. The summed E-state index contributed by atoms with van der Waals surface area (Å²) >= 11 is 0. The lowest BCUT2D eigenvalue weighted by Crippen LogP contribution is -2.43. The van der Waals surface area contributed by atoms with Crippen molar-refractivity contribution in [3.63, 3.8) is 0 Å². The molecular formula is C17H23N3O3. The van der Waals surface area contributed by atoms with E-state index >= 15 is 0 Å². The number of carbonyl (C=O) groups is 1. The van der Waals surface area contributed by atoms with Crippen LogP contribution in [-0.2, 0) is 11.8 Å². The molecule has 0 unspecified atom stereocenters. The van der Waals surface area contributed by atoms with Crippen molar-refractivity contribution in [3.8, 4) is 0 Å². The van der Waals surface area contributed by atoms with Gasteiger partial charge in [0.25, 0.3) is 5.91 Å². The molecule has 0 N–H and O–H groups in total. The van der Waals surface area contributed by atoms with Crippen molar-refractivity contribution in [3.05, 3.63) is 40.1 Å². The maximum atomic E-state index is 12.9. The number of amides is 1. The molecule has 0 saturated carbocycles. The van der Waals surface area contributed by atoms with Gasteiger partial charge in [0, 0.05) is 24.8 Å². The number of furan rings is 1. The van der Waals surface area contributed by atoms with Crippen LogP contribution in [0.25, 0.3) is 0 Å². The highest BCUT2D eigenvalue weighted by atomic mass is 16.5. The van der Waals surface area contributed by atoms with E-state index in [-0.39, 0.29) is 11.9 Å². The Morgan fingerprint density at radius 1 is 1.30 bits per heavy atom. The molecule has 6 heteroatoms. The molecular weight excluding hydrogens is 294 g/mol. The summed E-state index contributed by atoms with van der Waals surface area (Å²) in [4.78, 5) is 14.8. The molecule has 1 fully saturated rings. The Hall–Kier alpha value is -2.08. The van der Waals surface area contributed by atoms with Crippen LogP contribution in [-0.4, -0.2) is 40.3 Å². The van der Waals surface area contributed by atoms with Crippen molar-refractivity contribution in [2.75, 3.05) is 19.8 Å². The molecule has 23 heavy (non-hydrogen) atoms. The van der Waals surface area contributed by atoms with Crippen LogP contribution < -0.4 is 0 Å². The van der Waals surface area contributed by atoms with Gasteiger partial charge in [-0.25, -0.2) is 0 Å². The Labute approximate surface area is 136 Å². The molecule has 0 radical (unpaired) electrons. The van der Waals surface area contributed by atoms with Gasteiger partial charge >= 0.3 is 0 Å². The summed E-state index contributed by atoms with van der Waals surface area (Å²) < 4.78 is 13.1. The number of carbonyl (C=O) groups excluding carboxylic acids is 1. The Morgan fingerprint density at radius 3 is 2.61 bits per heavy atom. The second kappa shape index (κ2) is 5.85. The molecule has 0 bridgehead atoms. The molecule has 0 aliphatic carbocycles. The van der Waals surface area contributed by atoms with Crippen LogP contribution in [0.3, 0.4) is 0 Å². The maximum absolute atomic E-state index is 12.9. The van der Waals surface area contributed by atoms with E-state index in [4.69, 9.17) is 9.15 Å². The Balaban J connectivity index is 1.97. The second-order valence-electron chi connectivity index (χ2n) is 6.15. The first kappa shape index (κ1) is 15.8. The molecule has 1 atom stereocenters. The normalized spacial score (nSPS) is 18.5. The highest BCUT2D eigenvalue weighted by Gasteiger charge is 2.34. The van der Waals surface area contributed by atoms with Gasteiger partial charge in [0.15, 0.2) is 5.76 Å². The van der Waals surface area contributed by atoms with Crippen LogP contribution in [0.5, 0.6) is 0 Å². The van der Waals surface area contributed by atoms with Gasteiger partial charge in [-0.15, -0.1) is 0 Å². The van der Waals surface area contributed by atoms with Crippen molar-refractivity contribution in [1.82, 2.24) is 14.7 Å². The van der Waals surface area contributed by atoms with Crippen LogP contribution in [0.15, 0.2) is 10.5 Å². The zero-order valence-corrected chi connectivity index (χ0v) is 14.3. The van der Waals surface area contributed by atoms with Gasteiger partial charge in [0.05, 0.1) is 24.9 Å². The van der Waals surface area contributed by atoms with Crippen LogP contribution in [0, 0.1) is 27.7 Å². The van der Waals surface area contributed by atoms with E-state index in [0.717, 1.165) is 28.3 Å². The highest BCUT2D eigenvalue weighted by molar-refractivity contribution is 5.92. The Morgan fingerprint density at radius 2 is 2.04 bits per heavy atom. The number of aromatic nitrogens is 2. The predicted octanol–water partition coefficient (Wildman–Crippen LogP) is 2.46. The predicted molar refractivity (Wildman–Crippen MR) is 85.5 cm³/mol. The van der Waals surface area contributed by atoms with Crippen molar-refractivity contribution in [2.45, 2.75) is 33.7 Å². The van der Waals surface area contributed by atoms with Crippen LogP contribution in [0.1, 0.15) is 44.9 Å². The highest BCUT2D eigenvalue weighted by Crippen LogP contribution is 2.31.